The number of sulfonamides is 1. The van der Waals surface area contributed by atoms with Crippen molar-refractivity contribution in [2.75, 3.05) is 4.72 Å². The second kappa shape index (κ2) is 4.67. The Bertz CT molecular complexity index is 903. The molecule has 100 valence electrons. The highest BCUT2D eigenvalue weighted by atomic mass is 32.2. The van der Waals surface area contributed by atoms with Gasteiger partial charge < -0.3 is 4.98 Å². The number of H-pyrrole nitrogens is 1. The van der Waals surface area contributed by atoms with Gasteiger partial charge in [0.05, 0.1) is 11.2 Å². The molecule has 0 amide bonds. The molecule has 0 aliphatic rings. The Morgan fingerprint density at radius 2 is 2.10 bits per heavy atom. The Morgan fingerprint density at radius 1 is 1.25 bits per heavy atom. The van der Waals surface area contributed by atoms with Crippen molar-refractivity contribution in [3.63, 3.8) is 0 Å². The maximum Gasteiger partial charge on any atom is 0.271 e. The highest BCUT2D eigenvalue weighted by molar-refractivity contribution is 7.94. The fourth-order valence-electron chi connectivity index (χ4n) is 1.91. The molecule has 7 heteroatoms. The lowest BCUT2D eigenvalue weighted by Crippen LogP contribution is -2.11. The van der Waals surface area contributed by atoms with Gasteiger partial charge >= 0.3 is 0 Å². The molecular formula is C13H9N3O2S2. The van der Waals surface area contributed by atoms with Crippen molar-refractivity contribution in [1.29, 1.82) is 5.26 Å². The molecule has 5 nitrogen and oxygen atoms in total. The molecule has 0 atom stereocenters. The van der Waals surface area contributed by atoms with Gasteiger partial charge in [0.2, 0.25) is 0 Å². The number of anilines is 1. The van der Waals surface area contributed by atoms with E-state index in [1.165, 1.54) is 0 Å². The van der Waals surface area contributed by atoms with Crippen LogP contribution in [0, 0.1) is 11.3 Å². The van der Waals surface area contributed by atoms with Crippen LogP contribution in [0.2, 0.25) is 0 Å². The number of hydrogen-bond donors (Lipinski definition) is 2. The fraction of sp³-hybridized carbons (Fsp3) is 0. The monoisotopic (exact) mass is 303 g/mol. The smallest absolute Gasteiger partial charge is 0.271 e. The first-order valence-electron chi connectivity index (χ1n) is 5.68. The van der Waals surface area contributed by atoms with E-state index in [1.54, 1.807) is 35.7 Å². The molecule has 2 aromatic heterocycles. The van der Waals surface area contributed by atoms with Crippen molar-refractivity contribution >= 4 is 38.0 Å². The van der Waals surface area contributed by atoms with Crippen LogP contribution >= 0.6 is 11.3 Å². The van der Waals surface area contributed by atoms with Crippen LogP contribution in [0.3, 0.4) is 0 Å². The van der Waals surface area contributed by atoms with Crippen LogP contribution in [0.5, 0.6) is 0 Å². The number of thiophene rings is 1. The standard InChI is InChI=1S/C13H9N3O2S2/c14-8-10-7-9-3-1-4-11(13(9)15-10)16-20(17,18)12-5-2-6-19-12/h1-7,15-16H. The number of nitrogens with one attached hydrogen (secondary N) is 2. The van der Waals surface area contributed by atoms with E-state index in [0.29, 0.717) is 16.9 Å². The Balaban J connectivity index is 2.08. The molecule has 0 aliphatic carbocycles. The number of aromatic nitrogens is 1. The van der Waals surface area contributed by atoms with Crippen LogP contribution in [0.4, 0.5) is 5.69 Å². The number of rotatable bonds is 3. The summed E-state index contributed by atoms with van der Waals surface area (Å²) in [6, 6.07) is 12.1. The van der Waals surface area contributed by atoms with E-state index < -0.39 is 10.0 Å². The molecule has 2 heterocycles. The van der Waals surface area contributed by atoms with Gasteiger partial charge in [-0.2, -0.15) is 5.26 Å². The average molecular weight is 303 g/mol. The summed E-state index contributed by atoms with van der Waals surface area (Å²) in [5.74, 6) is 0. The Hall–Kier alpha value is -2.30. The van der Waals surface area contributed by atoms with Crippen LogP contribution in [0.15, 0.2) is 46.0 Å². The van der Waals surface area contributed by atoms with E-state index in [9.17, 15) is 8.42 Å². The molecular weight excluding hydrogens is 294 g/mol. The molecule has 0 saturated carbocycles. The zero-order valence-corrected chi connectivity index (χ0v) is 11.8. The van der Waals surface area contributed by atoms with Crippen LogP contribution in [0.1, 0.15) is 5.69 Å². The van der Waals surface area contributed by atoms with E-state index in [4.69, 9.17) is 5.26 Å². The van der Waals surface area contributed by atoms with Crippen molar-refractivity contribution < 1.29 is 8.42 Å². The molecule has 0 radical (unpaired) electrons. The normalized spacial score (nSPS) is 11.3. The van der Waals surface area contributed by atoms with Crippen LogP contribution < -0.4 is 4.72 Å². The van der Waals surface area contributed by atoms with Crippen LogP contribution in [-0.2, 0) is 10.0 Å². The van der Waals surface area contributed by atoms with Gasteiger partial charge in [0.1, 0.15) is 16.0 Å². The van der Waals surface area contributed by atoms with Gasteiger partial charge in [0.25, 0.3) is 10.0 Å². The number of para-hydroxylation sites is 1. The minimum atomic E-state index is -3.59. The Labute approximate surface area is 119 Å². The summed E-state index contributed by atoms with van der Waals surface area (Å²) in [6.45, 7) is 0. The second-order valence-corrected chi connectivity index (χ2v) is 6.96. The van der Waals surface area contributed by atoms with Gasteiger partial charge in [0.15, 0.2) is 0 Å². The van der Waals surface area contributed by atoms with Crippen molar-refractivity contribution in [1.82, 2.24) is 4.98 Å². The third kappa shape index (κ3) is 2.15. The van der Waals surface area contributed by atoms with Crippen molar-refractivity contribution in [2.45, 2.75) is 4.21 Å². The van der Waals surface area contributed by atoms with Crippen LogP contribution in [0.25, 0.3) is 10.9 Å². The minimum Gasteiger partial charge on any atom is -0.345 e. The fourth-order valence-corrected chi connectivity index (χ4v) is 3.98. The maximum atomic E-state index is 12.2. The Kier molecular flexibility index (Phi) is 2.97. The lowest BCUT2D eigenvalue weighted by molar-refractivity contribution is 0.603. The SMILES string of the molecule is N#Cc1cc2cccc(NS(=O)(=O)c3cccs3)c2[nH]1. The molecule has 0 bridgehead atoms. The third-order valence-electron chi connectivity index (χ3n) is 2.78. The molecule has 1 aromatic carbocycles. The molecule has 20 heavy (non-hydrogen) atoms. The molecule has 3 aromatic rings. The largest absolute Gasteiger partial charge is 0.345 e. The minimum absolute atomic E-state index is 0.251. The van der Waals surface area contributed by atoms with E-state index in [1.807, 2.05) is 12.1 Å². The topological polar surface area (TPSA) is 85.8 Å². The van der Waals surface area contributed by atoms with E-state index in [2.05, 4.69) is 9.71 Å². The molecule has 2 N–H and O–H groups in total. The summed E-state index contributed by atoms with van der Waals surface area (Å²) in [6.07, 6.45) is 0. The zero-order valence-electron chi connectivity index (χ0n) is 10.1. The predicted molar refractivity (Wildman–Crippen MR) is 78.1 cm³/mol. The van der Waals surface area contributed by atoms with Gasteiger partial charge in [-0.3, -0.25) is 4.72 Å². The van der Waals surface area contributed by atoms with E-state index in [0.717, 1.165) is 16.7 Å². The van der Waals surface area contributed by atoms with Crippen LogP contribution in [-0.4, -0.2) is 13.4 Å². The number of benzene rings is 1. The third-order valence-corrected chi connectivity index (χ3v) is 5.54. The summed E-state index contributed by atoms with van der Waals surface area (Å²) in [5.41, 5.74) is 1.42. The lowest BCUT2D eigenvalue weighted by atomic mass is 10.2. The first-order valence-corrected chi connectivity index (χ1v) is 8.04. The summed E-state index contributed by atoms with van der Waals surface area (Å²) in [7, 11) is -3.59. The first kappa shape index (κ1) is 12.7. The maximum absolute atomic E-state index is 12.2. The summed E-state index contributed by atoms with van der Waals surface area (Å²) < 4.78 is 27.2. The molecule has 0 spiro atoms. The lowest BCUT2D eigenvalue weighted by Gasteiger charge is -2.07. The van der Waals surface area contributed by atoms with E-state index in [-0.39, 0.29) is 4.21 Å². The molecule has 0 aliphatic heterocycles. The second-order valence-electron chi connectivity index (χ2n) is 4.10. The number of aromatic amines is 1. The predicted octanol–water partition coefficient (Wildman–Crippen LogP) is 2.90. The zero-order chi connectivity index (χ0) is 14.2. The van der Waals surface area contributed by atoms with Crippen molar-refractivity contribution in [3.05, 3.63) is 47.5 Å². The van der Waals surface area contributed by atoms with Gasteiger partial charge in [-0.25, -0.2) is 8.42 Å². The molecule has 3 rings (SSSR count). The van der Waals surface area contributed by atoms with E-state index >= 15 is 0 Å². The summed E-state index contributed by atoms with van der Waals surface area (Å²) >= 11 is 1.15. The van der Waals surface area contributed by atoms with Gasteiger partial charge in [-0.1, -0.05) is 18.2 Å². The molecule has 0 unspecified atom stereocenters. The van der Waals surface area contributed by atoms with Gasteiger partial charge in [0, 0.05) is 5.39 Å². The number of nitriles is 1. The average Bonchev–Trinajstić information content (AvgIpc) is 3.08. The first-order chi connectivity index (χ1) is 9.60. The van der Waals surface area contributed by atoms with Crippen molar-refractivity contribution in [2.24, 2.45) is 0 Å². The molecule has 0 fully saturated rings. The highest BCUT2D eigenvalue weighted by Gasteiger charge is 2.17. The van der Waals surface area contributed by atoms with Crippen molar-refractivity contribution in [3.8, 4) is 6.07 Å². The number of hydrogen-bond acceptors (Lipinski definition) is 4. The summed E-state index contributed by atoms with van der Waals surface area (Å²) in [5, 5.41) is 11.4. The molecule has 0 saturated heterocycles. The summed E-state index contributed by atoms with van der Waals surface area (Å²) in [4.78, 5) is 2.90. The Morgan fingerprint density at radius 3 is 2.80 bits per heavy atom. The number of nitrogens with zero attached hydrogens (tertiary/aromatic N) is 1. The van der Waals surface area contributed by atoms with Gasteiger partial charge in [-0.05, 0) is 23.6 Å². The van der Waals surface area contributed by atoms with Gasteiger partial charge in [-0.15, -0.1) is 11.3 Å². The number of fused-ring (bicyclic) bond motifs is 1. The quantitative estimate of drug-likeness (QED) is 0.780. The highest BCUT2D eigenvalue weighted by Crippen LogP contribution is 2.27.